The number of carbonyl (C=O) groups is 1. The van der Waals surface area contributed by atoms with Crippen molar-refractivity contribution >= 4 is 29.6 Å². The van der Waals surface area contributed by atoms with Crippen molar-refractivity contribution in [2.24, 2.45) is 0 Å². The Morgan fingerprint density at radius 2 is 2.18 bits per heavy atom. The van der Waals surface area contributed by atoms with Gasteiger partial charge in [-0.2, -0.15) is 0 Å². The maximum absolute atomic E-state index is 10.9. The highest BCUT2D eigenvalue weighted by molar-refractivity contribution is 7.99. The molecule has 2 rings (SSSR count). The Hall–Kier alpha value is -1.39. The molecule has 0 aliphatic heterocycles. The van der Waals surface area contributed by atoms with Crippen LogP contribution in [0.4, 0.5) is 0 Å². The number of aromatic nitrogens is 2. The predicted molar refractivity (Wildman–Crippen MR) is 67.7 cm³/mol. The standard InChI is InChI=1S/C12H9ClN2OS/c1-8-5-6-14-12(15-8)17-11-9(7-16)3-2-4-10(11)13/h2-7H,1H3. The molecule has 0 spiro atoms. The summed E-state index contributed by atoms with van der Waals surface area (Å²) in [6.07, 6.45) is 2.46. The van der Waals surface area contributed by atoms with Crippen LogP contribution < -0.4 is 0 Å². The molecular formula is C12H9ClN2OS. The lowest BCUT2D eigenvalue weighted by atomic mass is 10.2. The lowest BCUT2D eigenvalue weighted by molar-refractivity contribution is 0.112. The van der Waals surface area contributed by atoms with E-state index in [9.17, 15) is 4.79 Å². The molecule has 1 aromatic carbocycles. The molecule has 0 aliphatic rings. The zero-order valence-corrected chi connectivity index (χ0v) is 10.6. The van der Waals surface area contributed by atoms with Crippen LogP contribution in [-0.4, -0.2) is 16.3 Å². The lowest BCUT2D eigenvalue weighted by Crippen LogP contribution is -1.91. The first-order chi connectivity index (χ1) is 8.20. The molecule has 0 atom stereocenters. The quantitative estimate of drug-likeness (QED) is 0.629. The van der Waals surface area contributed by atoms with Crippen molar-refractivity contribution in [1.29, 1.82) is 0 Å². The monoisotopic (exact) mass is 264 g/mol. The highest BCUT2D eigenvalue weighted by Crippen LogP contribution is 2.33. The topological polar surface area (TPSA) is 42.9 Å². The fourth-order valence-electron chi connectivity index (χ4n) is 1.29. The molecular weight excluding hydrogens is 256 g/mol. The van der Waals surface area contributed by atoms with Crippen LogP contribution in [0.5, 0.6) is 0 Å². The summed E-state index contributed by atoms with van der Waals surface area (Å²) < 4.78 is 0. The Morgan fingerprint density at radius 1 is 1.35 bits per heavy atom. The smallest absolute Gasteiger partial charge is 0.192 e. The SMILES string of the molecule is Cc1ccnc(Sc2c(Cl)cccc2C=O)n1. The second kappa shape index (κ2) is 5.29. The number of carbonyl (C=O) groups excluding carboxylic acids is 1. The van der Waals surface area contributed by atoms with Crippen molar-refractivity contribution in [3.05, 3.63) is 46.7 Å². The number of nitrogens with zero attached hydrogens (tertiary/aromatic N) is 2. The molecule has 17 heavy (non-hydrogen) atoms. The van der Waals surface area contributed by atoms with Crippen LogP contribution >= 0.6 is 23.4 Å². The third-order valence-corrected chi connectivity index (χ3v) is 3.56. The van der Waals surface area contributed by atoms with Gasteiger partial charge in [0, 0.05) is 22.3 Å². The molecule has 86 valence electrons. The lowest BCUT2D eigenvalue weighted by Gasteiger charge is -2.05. The molecule has 1 aromatic heterocycles. The van der Waals surface area contributed by atoms with Crippen LogP contribution in [-0.2, 0) is 0 Å². The van der Waals surface area contributed by atoms with Gasteiger partial charge in [0.1, 0.15) is 0 Å². The first-order valence-corrected chi connectivity index (χ1v) is 6.11. The molecule has 3 nitrogen and oxygen atoms in total. The molecule has 0 bridgehead atoms. The van der Waals surface area contributed by atoms with Gasteiger partial charge in [-0.1, -0.05) is 23.7 Å². The average molecular weight is 265 g/mol. The van der Waals surface area contributed by atoms with Crippen LogP contribution in [0.25, 0.3) is 0 Å². The summed E-state index contributed by atoms with van der Waals surface area (Å²) in [5.74, 6) is 0. The van der Waals surface area contributed by atoms with Gasteiger partial charge in [0.15, 0.2) is 11.4 Å². The van der Waals surface area contributed by atoms with Crippen molar-refractivity contribution in [3.63, 3.8) is 0 Å². The number of rotatable bonds is 3. The molecule has 5 heteroatoms. The summed E-state index contributed by atoms with van der Waals surface area (Å²) >= 11 is 7.36. The molecule has 1 heterocycles. The van der Waals surface area contributed by atoms with Gasteiger partial charge < -0.3 is 0 Å². The van der Waals surface area contributed by atoms with Gasteiger partial charge in [-0.15, -0.1) is 0 Å². The van der Waals surface area contributed by atoms with Gasteiger partial charge in [-0.3, -0.25) is 4.79 Å². The first kappa shape index (κ1) is 12.1. The maximum atomic E-state index is 10.9. The fraction of sp³-hybridized carbons (Fsp3) is 0.0833. The molecule has 0 radical (unpaired) electrons. The summed E-state index contributed by atoms with van der Waals surface area (Å²) in [5.41, 5.74) is 1.43. The van der Waals surface area contributed by atoms with E-state index in [4.69, 9.17) is 11.6 Å². The van der Waals surface area contributed by atoms with Crippen molar-refractivity contribution in [1.82, 2.24) is 9.97 Å². The summed E-state index contributed by atoms with van der Waals surface area (Å²) in [5, 5.41) is 1.12. The highest BCUT2D eigenvalue weighted by atomic mass is 35.5. The molecule has 0 saturated heterocycles. The minimum atomic E-state index is 0.532. The summed E-state index contributed by atoms with van der Waals surface area (Å²) in [6, 6.07) is 7.02. The summed E-state index contributed by atoms with van der Waals surface area (Å²) in [4.78, 5) is 20.0. The Morgan fingerprint density at radius 3 is 2.88 bits per heavy atom. The Kier molecular flexibility index (Phi) is 3.76. The Bertz CT molecular complexity index is 560. The molecule has 0 saturated carbocycles. The second-order valence-corrected chi connectivity index (χ2v) is 4.74. The normalized spacial score (nSPS) is 10.2. The van der Waals surface area contributed by atoms with Crippen molar-refractivity contribution in [2.75, 3.05) is 0 Å². The number of aldehydes is 1. The van der Waals surface area contributed by atoms with E-state index in [0.717, 1.165) is 12.0 Å². The number of hydrogen-bond acceptors (Lipinski definition) is 4. The van der Waals surface area contributed by atoms with Gasteiger partial charge >= 0.3 is 0 Å². The Balaban J connectivity index is 2.39. The van der Waals surface area contributed by atoms with Crippen LogP contribution in [0.3, 0.4) is 0 Å². The number of halogens is 1. The number of aryl methyl sites for hydroxylation is 1. The van der Waals surface area contributed by atoms with E-state index in [0.29, 0.717) is 20.6 Å². The highest BCUT2D eigenvalue weighted by Gasteiger charge is 2.09. The number of hydrogen-bond donors (Lipinski definition) is 0. The van der Waals surface area contributed by atoms with Gasteiger partial charge in [0.05, 0.1) is 5.02 Å². The van der Waals surface area contributed by atoms with Crippen molar-refractivity contribution in [2.45, 2.75) is 17.0 Å². The second-order valence-electron chi connectivity index (χ2n) is 3.36. The van der Waals surface area contributed by atoms with E-state index in [1.807, 2.05) is 13.0 Å². The first-order valence-electron chi connectivity index (χ1n) is 4.92. The van der Waals surface area contributed by atoms with Gasteiger partial charge in [-0.05, 0) is 30.8 Å². The zero-order valence-electron chi connectivity index (χ0n) is 9.05. The minimum absolute atomic E-state index is 0.532. The summed E-state index contributed by atoms with van der Waals surface area (Å²) in [6.45, 7) is 1.89. The van der Waals surface area contributed by atoms with E-state index in [2.05, 4.69) is 9.97 Å². The average Bonchev–Trinajstić information content (AvgIpc) is 2.32. The Labute approximate surface area is 108 Å². The van der Waals surface area contributed by atoms with Gasteiger partial charge in [-0.25, -0.2) is 9.97 Å². The van der Waals surface area contributed by atoms with E-state index in [-0.39, 0.29) is 0 Å². The molecule has 0 amide bonds. The number of benzene rings is 1. The third kappa shape index (κ3) is 2.84. The van der Waals surface area contributed by atoms with Crippen LogP contribution in [0.1, 0.15) is 16.1 Å². The minimum Gasteiger partial charge on any atom is -0.298 e. The maximum Gasteiger partial charge on any atom is 0.192 e. The van der Waals surface area contributed by atoms with E-state index >= 15 is 0 Å². The van der Waals surface area contributed by atoms with Crippen LogP contribution in [0.15, 0.2) is 40.5 Å². The molecule has 2 aromatic rings. The largest absolute Gasteiger partial charge is 0.298 e. The molecule has 0 N–H and O–H groups in total. The predicted octanol–water partition coefficient (Wildman–Crippen LogP) is 3.40. The molecule has 0 unspecified atom stereocenters. The zero-order chi connectivity index (χ0) is 12.3. The molecule has 0 aliphatic carbocycles. The van der Waals surface area contributed by atoms with Crippen LogP contribution in [0, 0.1) is 6.92 Å². The van der Waals surface area contributed by atoms with E-state index < -0.39 is 0 Å². The summed E-state index contributed by atoms with van der Waals surface area (Å²) in [7, 11) is 0. The van der Waals surface area contributed by atoms with Crippen molar-refractivity contribution < 1.29 is 4.79 Å². The van der Waals surface area contributed by atoms with Crippen LogP contribution in [0.2, 0.25) is 5.02 Å². The fourth-order valence-corrected chi connectivity index (χ4v) is 2.48. The van der Waals surface area contributed by atoms with Crippen molar-refractivity contribution in [3.8, 4) is 0 Å². The third-order valence-electron chi connectivity index (χ3n) is 2.09. The van der Waals surface area contributed by atoms with Gasteiger partial charge in [0.25, 0.3) is 0 Å². The van der Waals surface area contributed by atoms with E-state index in [1.165, 1.54) is 11.8 Å². The van der Waals surface area contributed by atoms with Gasteiger partial charge in [0.2, 0.25) is 0 Å². The molecule has 0 fully saturated rings. The van der Waals surface area contributed by atoms with E-state index in [1.54, 1.807) is 24.4 Å².